The van der Waals surface area contributed by atoms with Gasteiger partial charge in [-0.2, -0.15) is 0 Å². The maximum atomic E-state index is 6.11. The summed E-state index contributed by atoms with van der Waals surface area (Å²) in [4.78, 5) is 4.71. The van der Waals surface area contributed by atoms with Gasteiger partial charge in [0.2, 0.25) is 0 Å². The van der Waals surface area contributed by atoms with Gasteiger partial charge in [0.1, 0.15) is 5.82 Å². The van der Waals surface area contributed by atoms with Gasteiger partial charge in [0.05, 0.1) is 17.6 Å². The van der Waals surface area contributed by atoms with Crippen molar-refractivity contribution in [2.45, 2.75) is 6.54 Å². The number of nitrogens with zero attached hydrogens (tertiary/aromatic N) is 2. The molecule has 0 aliphatic heterocycles. The minimum absolute atomic E-state index is 0.607. The largest absolute Gasteiger partial charge is 0.399 e. The molecular formula is C16H16ClN3O. The smallest absolute Gasteiger partial charge is 0.141 e. The van der Waals surface area contributed by atoms with E-state index in [9.17, 15) is 0 Å². The van der Waals surface area contributed by atoms with Gasteiger partial charge in [-0.3, -0.25) is 0 Å². The average Bonchev–Trinajstić information content (AvgIpc) is 2.83. The van der Waals surface area contributed by atoms with Crippen LogP contribution in [0.2, 0.25) is 5.02 Å². The molecule has 0 amide bonds. The van der Waals surface area contributed by atoms with Gasteiger partial charge in [0, 0.05) is 29.9 Å². The molecule has 3 rings (SSSR count). The molecule has 0 atom stereocenters. The molecule has 0 fully saturated rings. The zero-order valence-corrected chi connectivity index (χ0v) is 12.5. The number of benzene rings is 2. The monoisotopic (exact) mass is 301 g/mol. The molecule has 5 heteroatoms. The van der Waals surface area contributed by atoms with Crippen molar-refractivity contribution in [1.29, 1.82) is 0 Å². The Morgan fingerprint density at radius 2 is 2.05 bits per heavy atom. The van der Waals surface area contributed by atoms with Crippen LogP contribution in [0.15, 0.2) is 42.5 Å². The van der Waals surface area contributed by atoms with Crippen molar-refractivity contribution in [3.8, 4) is 11.4 Å². The number of hydrogen-bond donors (Lipinski definition) is 1. The molecule has 3 aromatic rings. The normalized spacial score (nSPS) is 11.1. The van der Waals surface area contributed by atoms with Crippen LogP contribution in [-0.2, 0) is 11.3 Å². The highest BCUT2D eigenvalue weighted by molar-refractivity contribution is 6.31. The highest BCUT2D eigenvalue weighted by Gasteiger charge is 2.13. The molecule has 21 heavy (non-hydrogen) atoms. The molecule has 108 valence electrons. The third kappa shape index (κ3) is 2.73. The number of halogens is 1. The summed E-state index contributed by atoms with van der Waals surface area (Å²) in [5.41, 5.74) is 9.45. The topological polar surface area (TPSA) is 53.1 Å². The number of aromatic nitrogens is 2. The Kier molecular flexibility index (Phi) is 3.82. The Balaban J connectivity index is 2.20. The fourth-order valence-electron chi connectivity index (χ4n) is 2.45. The fourth-order valence-corrected chi connectivity index (χ4v) is 2.69. The Morgan fingerprint density at radius 1 is 1.24 bits per heavy atom. The van der Waals surface area contributed by atoms with Gasteiger partial charge in [-0.1, -0.05) is 23.7 Å². The molecule has 0 saturated carbocycles. The number of anilines is 1. The van der Waals surface area contributed by atoms with Gasteiger partial charge < -0.3 is 15.0 Å². The first-order chi connectivity index (χ1) is 10.2. The SMILES string of the molecule is COCCn1c(-c2cc(N)cc(Cl)c2)nc2ccccc21. The van der Waals surface area contributed by atoms with Crippen molar-refractivity contribution in [3.05, 3.63) is 47.5 Å². The summed E-state index contributed by atoms with van der Waals surface area (Å²) in [6.45, 7) is 1.34. The van der Waals surface area contributed by atoms with Crippen molar-refractivity contribution < 1.29 is 4.74 Å². The number of imidazole rings is 1. The summed E-state index contributed by atoms with van der Waals surface area (Å²) in [6, 6.07) is 13.5. The van der Waals surface area contributed by atoms with Crippen LogP contribution >= 0.6 is 11.6 Å². The number of para-hydroxylation sites is 2. The summed E-state index contributed by atoms with van der Waals surface area (Å²) >= 11 is 6.11. The lowest BCUT2D eigenvalue weighted by Gasteiger charge is -2.09. The molecule has 0 spiro atoms. The van der Waals surface area contributed by atoms with E-state index < -0.39 is 0 Å². The van der Waals surface area contributed by atoms with Crippen molar-refractivity contribution in [1.82, 2.24) is 9.55 Å². The van der Waals surface area contributed by atoms with E-state index in [1.54, 1.807) is 13.2 Å². The van der Waals surface area contributed by atoms with Crippen LogP contribution in [-0.4, -0.2) is 23.3 Å². The highest BCUT2D eigenvalue weighted by atomic mass is 35.5. The maximum absolute atomic E-state index is 6.11. The van der Waals surface area contributed by atoms with Crippen LogP contribution in [0.4, 0.5) is 5.69 Å². The van der Waals surface area contributed by atoms with E-state index in [2.05, 4.69) is 10.6 Å². The van der Waals surface area contributed by atoms with Crippen molar-refractivity contribution in [3.63, 3.8) is 0 Å². The Hall–Kier alpha value is -2.04. The molecule has 1 heterocycles. The van der Waals surface area contributed by atoms with E-state index in [1.165, 1.54) is 0 Å². The number of methoxy groups -OCH3 is 1. The zero-order valence-electron chi connectivity index (χ0n) is 11.7. The van der Waals surface area contributed by atoms with Crippen molar-refractivity contribution >= 4 is 28.3 Å². The number of ether oxygens (including phenoxy) is 1. The summed E-state index contributed by atoms with van der Waals surface area (Å²) in [6.07, 6.45) is 0. The predicted molar refractivity (Wildman–Crippen MR) is 86.5 cm³/mol. The summed E-state index contributed by atoms with van der Waals surface area (Å²) < 4.78 is 7.33. The van der Waals surface area contributed by atoms with Crippen molar-refractivity contribution in [2.24, 2.45) is 0 Å². The molecule has 2 N–H and O–H groups in total. The van der Waals surface area contributed by atoms with E-state index in [0.29, 0.717) is 17.3 Å². The Labute approximate surface area is 128 Å². The minimum Gasteiger partial charge on any atom is -0.399 e. The quantitative estimate of drug-likeness (QED) is 0.749. The molecule has 0 aliphatic rings. The lowest BCUT2D eigenvalue weighted by Crippen LogP contribution is -2.06. The molecule has 0 aliphatic carbocycles. The van der Waals surface area contributed by atoms with Crippen molar-refractivity contribution in [2.75, 3.05) is 19.5 Å². The second-order valence-corrected chi connectivity index (χ2v) is 5.28. The number of hydrogen-bond acceptors (Lipinski definition) is 3. The number of nitrogen functional groups attached to an aromatic ring is 1. The van der Waals surface area contributed by atoms with E-state index in [-0.39, 0.29) is 0 Å². The first-order valence-electron chi connectivity index (χ1n) is 6.69. The Bertz CT molecular complexity index is 762. The summed E-state index contributed by atoms with van der Waals surface area (Å²) in [7, 11) is 1.69. The number of rotatable bonds is 4. The number of fused-ring (bicyclic) bond motifs is 1. The minimum atomic E-state index is 0.607. The Morgan fingerprint density at radius 3 is 2.81 bits per heavy atom. The van der Waals surface area contributed by atoms with Gasteiger partial charge in [-0.15, -0.1) is 0 Å². The van der Waals surface area contributed by atoms with E-state index in [1.807, 2.05) is 30.3 Å². The van der Waals surface area contributed by atoms with E-state index >= 15 is 0 Å². The lowest BCUT2D eigenvalue weighted by atomic mass is 10.2. The predicted octanol–water partition coefficient (Wildman–Crippen LogP) is 3.59. The van der Waals surface area contributed by atoms with Gasteiger partial charge in [-0.05, 0) is 30.3 Å². The van der Waals surface area contributed by atoms with Crippen LogP contribution in [0, 0.1) is 0 Å². The first-order valence-corrected chi connectivity index (χ1v) is 7.07. The first kappa shape index (κ1) is 13.9. The average molecular weight is 302 g/mol. The standard InChI is InChI=1S/C16H16ClN3O/c1-21-7-6-20-15-5-3-2-4-14(15)19-16(20)11-8-12(17)10-13(18)9-11/h2-5,8-10H,6-7,18H2,1H3. The van der Waals surface area contributed by atoms with Gasteiger partial charge in [0.15, 0.2) is 0 Å². The van der Waals surface area contributed by atoms with E-state index in [4.69, 9.17) is 27.1 Å². The van der Waals surface area contributed by atoms with Crippen LogP contribution in [0.1, 0.15) is 0 Å². The summed E-state index contributed by atoms with van der Waals surface area (Å²) in [5, 5.41) is 0.607. The lowest BCUT2D eigenvalue weighted by molar-refractivity contribution is 0.188. The molecule has 0 saturated heterocycles. The second kappa shape index (κ2) is 5.76. The molecule has 0 radical (unpaired) electrons. The second-order valence-electron chi connectivity index (χ2n) is 4.84. The molecular weight excluding hydrogens is 286 g/mol. The molecule has 0 bridgehead atoms. The zero-order chi connectivity index (χ0) is 14.8. The maximum Gasteiger partial charge on any atom is 0.141 e. The number of nitrogens with two attached hydrogens (primary N) is 1. The molecule has 4 nitrogen and oxygen atoms in total. The van der Waals surface area contributed by atoms with Gasteiger partial charge in [0.25, 0.3) is 0 Å². The molecule has 1 aromatic heterocycles. The fraction of sp³-hybridized carbons (Fsp3) is 0.188. The summed E-state index contributed by atoms with van der Waals surface area (Å²) in [5.74, 6) is 0.849. The van der Waals surface area contributed by atoms with Crippen LogP contribution in [0.3, 0.4) is 0 Å². The third-order valence-electron chi connectivity index (χ3n) is 3.35. The van der Waals surface area contributed by atoms with Crippen LogP contribution < -0.4 is 5.73 Å². The van der Waals surface area contributed by atoms with Crippen LogP contribution in [0.5, 0.6) is 0 Å². The van der Waals surface area contributed by atoms with E-state index in [0.717, 1.165) is 29.0 Å². The van der Waals surface area contributed by atoms with Crippen LogP contribution in [0.25, 0.3) is 22.4 Å². The van der Waals surface area contributed by atoms with Gasteiger partial charge in [-0.25, -0.2) is 4.98 Å². The van der Waals surface area contributed by atoms with Gasteiger partial charge >= 0.3 is 0 Å². The molecule has 2 aromatic carbocycles. The molecule has 0 unspecified atom stereocenters. The third-order valence-corrected chi connectivity index (χ3v) is 3.57. The highest BCUT2D eigenvalue weighted by Crippen LogP contribution is 2.28.